The molecule has 1 aromatic rings. The normalized spacial score (nSPS) is 16.1. The first-order valence-electron chi connectivity index (χ1n) is 8.82. The predicted octanol–water partition coefficient (Wildman–Crippen LogP) is 1.68. The largest absolute Gasteiger partial charge is 0.481 e. The van der Waals surface area contributed by atoms with Gasteiger partial charge in [0.15, 0.2) is 5.96 Å². The van der Waals surface area contributed by atoms with Gasteiger partial charge in [-0.3, -0.25) is 4.99 Å². The Bertz CT molecular complexity index is 531. The molecule has 7 heteroatoms. The first-order chi connectivity index (χ1) is 12.3. The zero-order valence-electron chi connectivity index (χ0n) is 15.5. The summed E-state index contributed by atoms with van der Waals surface area (Å²) in [6, 6.07) is 3.92. The third kappa shape index (κ3) is 6.17. The predicted molar refractivity (Wildman–Crippen MR) is 98.0 cm³/mol. The van der Waals surface area contributed by atoms with Crippen LogP contribution in [0.3, 0.4) is 0 Å². The van der Waals surface area contributed by atoms with Crippen molar-refractivity contribution in [3.05, 3.63) is 23.9 Å². The van der Waals surface area contributed by atoms with Crippen molar-refractivity contribution in [2.45, 2.75) is 31.9 Å². The molecule has 1 aliphatic rings. The topological polar surface area (TPSA) is 68.2 Å². The standard InChI is InChI=1S/C18H30N4O3/c1-19-18(21-14-15-6-4-9-20-17(15)24-3)22-10-7-16(8-11-22)25-13-5-12-23-2/h4,6,9,16H,5,7-8,10-14H2,1-3H3,(H,19,21). The van der Waals surface area contributed by atoms with Gasteiger partial charge in [0.25, 0.3) is 0 Å². The lowest BCUT2D eigenvalue weighted by atomic mass is 10.1. The van der Waals surface area contributed by atoms with Crippen LogP contribution in [0, 0.1) is 0 Å². The summed E-state index contributed by atoms with van der Waals surface area (Å²) in [4.78, 5) is 10.9. The molecule has 140 valence electrons. The SMILES string of the molecule is CN=C(NCc1cccnc1OC)N1CCC(OCCCOC)CC1. The summed E-state index contributed by atoms with van der Waals surface area (Å²) < 4.78 is 16.3. The second kappa shape index (κ2) is 10.9. The van der Waals surface area contributed by atoms with Gasteiger partial charge >= 0.3 is 0 Å². The first kappa shape index (κ1) is 19.5. The van der Waals surface area contributed by atoms with Crippen LogP contribution in [-0.4, -0.2) is 69.5 Å². The van der Waals surface area contributed by atoms with Crippen molar-refractivity contribution in [2.24, 2.45) is 4.99 Å². The van der Waals surface area contributed by atoms with Crippen molar-refractivity contribution < 1.29 is 14.2 Å². The van der Waals surface area contributed by atoms with Crippen molar-refractivity contribution in [1.29, 1.82) is 0 Å². The zero-order chi connectivity index (χ0) is 17.9. The van der Waals surface area contributed by atoms with E-state index >= 15 is 0 Å². The molecule has 0 amide bonds. The molecule has 1 aromatic heterocycles. The lowest BCUT2D eigenvalue weighted by Crippen LogP contribution is -2.46. The third-order valence-electron chi connectivity index (χ3n) is 4.28. The van der Waals surface area contributed by atoms with E-state index in [9.17, 15) is 0 Å². The highest BCUT2D eigenvalue weighted by Gasteiger charge is 2.22. The van der Waals surface area contributed by atoms with Gasteiger partial charge in [-0.25, -0.2) is 4.98 Å². The molecule has 1 fully saturated rings. The minimum absolute atomic E-state index is 0.338. The summed E-state index contributed by atoms with van der Waals surface area (Å²) >= 11 is 0. The van der Waals surface area contributed by atoms with Gasteiger partial charge in [0.1, 0.15) is 0 Å². The highest BCUT2D eigenvalue weighted by atomic mass is 16.5. The number of aliphatic imine (C=N–C) groups is 1. The Morgan fingerprint density at radius 2 is 2.12 bits per heavy atom. The Morgan fingerprint density at radius 1 is 1.32 bits per heavy atom. The Morgan fingerprint density at radius 3 is 2.80 bits per heavy atom. The lowest BCUT2D eigenvalue weighted by Gasteiger charge is -2.34. The second-order valence-corrected chi connectivity index (χ2v) is 5.98. The number of nitrogens with zero attached hydrogens (tertiary/aromatic N) is 3. The number of aromatic nitrogens is 1. The van der Waals surface area contributed by atoms with E-state index in [1.807, 2.05) is 19.2 Å². The minimum Gasteiger partial charge on any atom is -0.481 e. The smallest absolute Gasteiger partial charge is 0.218 e. The molecule has 2 heterocycles. The van der Waals surface area contributed by atoms with Crippen LogP contribution in [-0.2, 0) is 16.0 Å². The summed E-state index contributed by atoms with van der Waals surface area (Å²) in [5, 5.41) is 3.40. The van der Waals surface area contributed by atoms with Gasteiger partial charge in [-0.15, -0.1) is 0 Å². The van der Waals surface area contributed by atoms with Gasteiger partial charge in [-0.1, -0.05) is 6.07 Å². The van der Waals surface area contributed by atoms with E-state index in [1.54, 1.807) is 20.4 Å². The monoisotopic (exact) mass is 350 g/mol. The molecule has 0 unspecified atom stereocenters. The van der Waals surface area contributed by atoms with Gasteiger partial charge in [0, 0.05) is 58.8 Å². The number of likely N-dealkylation sites (tertiary alicyclic amines) is 1. The molecule has 0 atom stereocenters. The molecule has 1 N–H and O–H groups in total. The summed E-state index contributed by atoms with van der Waals surface area (Å²) in [5.41, 5.74) is 1.02. The number of nitrogens with one attached hydrogen (secondary N) is 1. The van der Waals surface area contributed by atoms with E-state index in [0.717, 1.165) is 57.1 Å². The molecule has 0 aromatic carbocycles. The van der Waals surface area contributed by atoms with E-state index in [-0.39, 0.29) is 0 Å². The van der Waals surface area contributed by atoms with Gasteiger partial charge in [-0.2, -0.15) is 0 Å². The van der Waals surface area contributed by atoms with E-state index < -0.39 is 0 Å². The van der Waals surface area contributed by atoms with Gasteiger partial charge < -0.3 is 24.4 Å². The lowest BCUT2D eigenvalue weighted by molar-refractivity contribution is 0.00989. The minimum atomic E-state index is 0.338. The van der Waals surface area contributed by atoms with Crippen molar-refractivity contribution in [3.63, 3.8) is 0 Å². The molecular weight excluding hydrogens is 320 g/mol. The third-order valence-corrected chi connectivity index (χ3v) is 4.28. The van der Waals surface area contributed by atoms with Crippen LogP contribution in [0.4, 0.5) is 0 Å². The fourth-order valence-corrected chi connectivity index (χ4v) is 2.94. The fraction of sp³-hybridized carbons (Fsp3) is 0.667. The van der Waals surface area contributed by atoms with Crippen LogP contribution >= 0.6 is 0 Å². The van der Waals surface area contributed by atoms with Crippen LogP contribution in [0.1, 0.15) is 24.8 Å². The van der Waals surface area contributed by atoms with Crippen LogP contribution in [0.25, 0.3) is 0 Å². The summed E-state index contributed by atoms with van der Waals surface area (Å²) in [6.07, 6.45) is 5.06. The maximum absolute atomic E-state index is 5.91. The Hall–Kier alpha value is -1.86. The zero-order valence-corrected chi connectivity index (χ0v) is 15.5. The van der Waals surface area contributed by atoms with Crippen molar-refractivity contribution in [2.75, 3.05) is 47.6 Å². The molecule has 1 saturated heterocycles. The number of methoxy groups -OCH3 is 2. The summed E-state index contributed by atoms with van der Waals surface area (Å²) in [5.74, 6) is 1.55. The average molecular weight is 350 g/mol. The maximum atomic E-state index is 5.91. The molecule has 0 spiro atoms. The van der Waals surface area contributed by atoms with Crippen molar-refractivity contribution >= 4 is 5.96 Å². The first-order valence-corrected chi connectivity index (χ1v) is 8.82. The van der Waals surface area contributed by atoms with Crippen LogP contribution in [0.2, 0.25) is 0 Å². The number of piperidine rings is 1. The van der Waals surface area contributed by atoms with Crippen LogP contribution < -0.4 is 10.1 Å². The van der Waals surface area contributed by atoms with Crippen LogP contribution in [0.15, 0.2) is 23.3 Å². The fourth-order valence-electron chi connectivity index (χ4n) is 2.94. The highest BCUT2D eigenvalue weighted by molar-refractivity contribution is 5.80. The van der Waals surface area contributed by atoms with Gasteiger partial charge in [0.2, 0.25) is 5.88 Å². The molecule has 2 rings (SSSR count). The molecule has 1 aliphatic heterocycles. The quantitative estimate of drug-likeness (QED) is 0.437. The van der Waals surface area contributed by atoms with Crippen molar-refractivity contribution in [3.8, 4) is 5.88 Å². The van der Waals surface area contributed by atoms with E-state index in [4.69, 9.17) is 14.2 Å². The average Bonchev–Trinajstić information content (AvgIpc) is 2.67. The van der Waals surface area contributed by atoms with E-state index in [0.29, 0.717) is 18.5 Å². The molecule has 0 aliphatic carbocycles. The molecular formula is C18H30N4O3. The van der Waals surface area contributed by atoms with E-state index in [2.05, 4.69) is 20.2 Å². The molecule has 0 bridgehead atoms. The second-order valence-electron chi connectivity index (χ2n) is 5.98. The van der Waals surface area contributed by atoms with Gasteiger partial charge in [0.05, 0.1) is 13.2 Å². The number of pyridine rings is 1. The molecule has 25 heavy (non-hydrogen) atoms. The maximum Gasteiger partial charge on any atom is 0.218 e. The highest BCUT2D eigenvalue weighted by Crippen LogP contribution is 2.16. The Kier molecular flexibility index (Phi) is 8.48. The Balaban J connectivity index is 1.76. The number of guanidine groups is 1. The molecule has 0 saturated carbocycles. The number of hydrogen-bond donors (Lipinski definition) is 1. The van der Waals surface area contributed by atoms with Crippen LogP contribution in [0.5, 0.6) is 5.88 Å². The summed E-state index contributed by atoms with van der Waals surface area (Å²) in [7, 11) is 5.17. The Labute approximate surface area is 150 Å². The molecule has 7 nitrogen and oxygen atoms in total. The molecule has 0 radical (unpaired) electrons. The number of ether oxygens (including phenoxy) is 3. The van der Waals surface area contributed by atoms with Gasteiger partial charge in [-0.05, 0) is 25.3 Å². The number of rotatable bonds is 8. The summed E-state index contributed by atoms with van der Waals surface area (Å²) in [6.45, 7) is 4.05. The van der Waals surface area contributed by atoms with E-state index in [1.165, 1.54) is 0 Å². The van der Waals surface area contributed by atoms with Crippen molar-refractivity contribution in [1.82, 2.24) is 15.2 Å². The number of hydrogen-bond acceptors (Lipinski definition) is 5.